The molecular formula is C14H23BrN4. The summed E-state index contributed by atoms with van der Waals surface area (Å²) in [5, 5.41) is 6.73. The van der Waals surface area contributed by atoms with Gasteiger partial charge in [-0.15, -0.1) is 0 Å². The van der Waals surface area contributed by atoms with Crippen molar-refractivity contribution in [1.29, 1.82) is 0 Å². The molecular weight excluding hydrogens is 304 g/mol. The SMILES string of the molecule is CCNc1ncc(Br)c(NC2CCCCCCC2)n1. The van der Waals surface area contributed by atoms with Crippen molar-refractivity contribution in [2.75, 3.05) is 17.2 Å². The van der Waals surface area contributed by atoms with Crippen molar-refractivity contribution in [2.45, 2.75) is 57.9 Å². The van der Waals surface area contributed by atoms with Crippen molar-refractivity contribution >= 4 is 27.7 Å². The predicted octanol–water partition coefficient (Wildman–Crippen LogP) is 4.20. The fourth-order valence-corrected chi connectivity index (χ4v) is 2.81. The highest BCUT2D eigenvalue weighted by atomic mass is 79.9. The Labute approximate surface area is 123 Å². The lowest BCUT2D eigenvalue weighted by Gasteiger charge is -2.22. The van der Waals surface area contributed by atoms with E-state index < -0.39 is 0 Å². The average Bonchev–Trinajstić information content (AvgIpc) is 2.36. The topological polar surface area (TPSA) is 49.8 Å². The average molecular weight is 327 g/mol. The van der Waals surface area contributed by atoms with Crippen LogP contribution < -0.4 is 10.6 Å². The van der Waals surface area contributed by atoms with Crippen LogP contribution in [0.4, 0.5) is 11.8 Å². The van der Waals surface area contributed by atoms with Crippen LogP contribution in [0.15, 0.2) is 10.7 Å². The lowest BCUT2D eigenvalue weighted by molar-refractivity contribution is 0.470. The maximum Gasteiger partial charge on any atom is 0.224 e. The lowest BCUT2D eigenvalue weighted by Crippen LogP contribution is -2.22. The molecule has 1 aromatic rings. The number of halogens is 1. The molecule has 1 aliphatic rings. The van der Waals surface area contributed by atoms with Gasteiger partial charge in [-0.3, -0.25) is 0 Å². The third-order valence-electron chi connectivity index (χ3n) is 3.53. The Bertz CT molecular complexity index is 389. The smallest absolute Gasteiger partial charge is 0.224 e. The van der Waals surface area contributed by atoms with E-state index in [1.807, 2.05) is 13.1 Å². The van der Waals surface area contributed by atoms with Crippen LogP contribution in [0, 0.1) is 0 Å². The molecule has 0 atom stereocenters. The third-order valence-corrected chi connectivity index (χ3v) is 4.11. The maximum absolute atomic E-state index is 4.53. The number of aromatic nitrogens is 2. The van der Waals surface area contributed by atoms with Crippen LogP contribution in [0.25, 0.3) is 0 Å². The van der Waals surface area contributed by atoms with Gasteiger partial charge in [0.2, 0.25) is 5.95 Å². The van der Waals surface area contributed by atoms with E-state index in [-0.39, 0.29) is 0 Å². The molecule has 0 aliphatic heterocycles. The second kappa shape index (κ2) is 7.68. The zero-order valence-corrected chi connectivity index (χ0v) is 13.2. The molecule has 1 fully saturated rings. The summed E-state index contributed by atoms with van der Waals surface area (Å²) in [4.78, 5) is 8.78. The van der Waals surface area contributed by atoms with Crippen molar-refractivity contribution < 1.29 is 0 Å². The molecule has 0 amide bonds. The highest BCUT2D eigenvalue weighted by Crippen LogP contribution is 2.25. The quantitative estimate of drug-likeness (QED) is 0.870. The zero-order valence-electron chi connectivity index (χ0n) is 11.6. The van der Waals surface area contributed by atoms with Gasteiger partial charge in [-0.25, -0.2) is 4.98 Å². The largest absolute Gasteiger partial charge is 0.366 e. The van der Waals surface area contributed by atoms with Gasteiger partial charge in [0.1, 0.15) is 5.82 Å². The molecule has 5 heteroatoms. The Morgan fingerprint density at radius 2 is 1.89 bits per heavy atom. The number of rotatable bonds is 4. The Morgan fingerprint density at radius 1 is 1.21 bits per heavy atom. The molecule has 1 heterocycles. The fraction of sp³-hybridized carbons (Fsp3) is 0.714. The van der Waals surface area contributed by atoms with Gasteiger partial charge in [-0.05, 0) is 35.7 Å². The first-order valence-electron chi connectivity index (χ1n) is 7.32. The Balaban J connectivity index is 2.01. The molecule has 0 unspecified atom stereocenters. The standard InChI is InChI=1S/C14H23BrN4/c1-2-16-14-17-10-12(15)13(19-14)18-11-8-6-4-3-5-7-9-11/h10-11H,2-9H2,1H3,(H2,16,17,18,19). The minimum absolute atomic E-state index is 0.543. The fourth-order valence-electron chi connectivity index (χ4n) is 2.51. The minimum atomic E-state index is 0.543. The lowest BCUT2D eigenvalue weighted by atomic mass is 9.97. The van der Waals surface area contributed by atoms with E-state index in [1.54, 1.807) is 0 Å². The monoisotopic (exact) mass is 326 g/mol. The normalized spacial score (nSPS) is 17.6. The summed E-state index contributed by atoms with van der Waals surface area (Å²) in [6.07, 6.45) is 11.1. The number of nitrogens with one attached hydrogen (secondary N) is 2. The first-order chi connectivity index (χ1) is 9.29. The van der Waals surface area contributed by atoms with Crippen molar-refractivity contribution in [3.05, 3.63) is 10.7 Å². The van der Waals surface area contributed by atoms with Gasteiger partial charge < -0.3 is 10.6 Å². The van der Waals surface area contributed by atoms with Crippen LogP contribution in [0.3, 0.4) is 0 Å². The molecule has 19 heavy (non-hydrogen) atoms. The van der Waals surface area contributed by atoms with Gasteiger partial charge in [0, 0.05) is 18.8 Å². The maximum atomic E-state index is 4.53. The Morgan fingerprint density at radius 3 is 2.58 bits per heavy atom. The molecule has 0 bridgehead atoms. The summed E-state index contributed by atoms with van der Waals surface area (Å²) in [6.45, 7) is 2.89. The van der Waals surface area contributed by atoms with E-state index in [1.165, 1.54) is 44.9 Å². The van der Waals surface area contributed by atoms with E-state index in [4.69, 9.17) is 0 Å². The molecule has 1 saturated carbocycles. The number of hydrogen-bond donors (Lipinski definition) is 2. The predicted molar refractivity (Wildman–Crippen MR) is 83.6 cm³/mol. The molecule has 4 nitrogen and oxygen atoms in total. The third kappa shape index (κ3) is 4.64. The summed E-state index contributed by atoms with van der Waals surface area (Å²) in [5.41, 5.74) is 0. The van der Waals surface area contributed by atoms with E-state index in [0.717, 1.165) is 16.8 Å². The van der Waals surface area contributed by atoms with E-state index in [2.05, 4.69) is 36.5 Å². The summed E-state index contributed by atoms with van der Waals surface area (Å²) in [5.74, 6) is 1.61. The van der Waals surface area contributed by atoms with E-state index in [9.17, 15) is 0 Å². The molecule has 0 saturated heterocycles. The molecule has 2 N–H and O–H groups in total. The number of anilines is 2. The van der Waals surface area contributed by atoms with Crippen molar-refractivity contribution in [1.82, 2.24) is 9.97 Å². The molecule has 1 aromatic heterocycles. The van der Waals surface area contributed by atoms with Gasteiger partial charge in [-0.1, -0.05) is 32.1 Å². The molecule has 1 aliphatic carbocycles. The second-order valence-electron chi connectivity index (χ2n) is 5.11. The summed E-state index contributed by atoms with van der Waals surface area (Å²) in [6, 6.07) is 0.543. The van der Waals surface area contributed by atoms with Crippen molar-refractivity contribution in [2.24, 2.45) is 0 Å². The minimum Gasteiger partial charge on any atom is -0.366 e. The van der Waals surface area contributed by atoms with E-state index >= 15 is 0 Å². The zero-order chi connectivity index (χ0) is 13.5. The van der Waals surface area contributed by atoms with Crippen LogP contribution in [-0.2, 0) is 0 Å². The first-order valence-corrected chi connectivity index (χ1v) is 8.12. The molecule has 106 valence electrons. The van der Waals surface area contributed by atoms with Crippen molar-refractivity contribution in [3.63, 3.8) is 0 Å². The van der Waals surface area contributed by atoms with Crippen LogP contribution in [0.1, 0.15) is 51.9 Å². The van der Waals surface area contributed by atoms with Crippen molar-refractivity contribution in [3.8, 4) is 0 Å². The highest BCUT2D eigenvalue weighted by Gasteiger charge is 2.13. The molecule has 0 spiro atoms. The molecule has 0 aromatic carbocycles. The van der Waals surface area contributed by atoms with E-state index in [0.29, 0.717) is 12.0 Å². The van der Waals surface area contributed by atoms with Crippen LogP contribution in [0.5, 0.6) is 0 Å². The summed E-state index contributed by atoms with van der Waals surface area (Å²) >= 11 is 3.53. The van der Waals surface area contributed by atoms with Gasteiger partial charge in [0.05, 0.1) is 4.47 Å². The van der Waals surface area contributed by atoms with Gasteiger partial charge >= 0.3 is 0 Å². The highest BCUT2D eigenvalue weighted by molar-refractivity contribution is 9.10. The Kier molecular flexibility index (Phi) is 5.89. The summed E-state index contributed by atoms with van der Waals surface area (Å²) < 4.78 is 0.941. The van der Waals surface area contributed by atoms with Crippen LogP contribution >= 0.6 is 15.9 Å². The molecule has 2 rings (SSSR count). The summed E-state index contributed by atoms with van der Waals surface area (Å²) in [7, 11) is 0. The van der Waals surface area contributed by atoms with Crippen LogP contribution in [-0.4, -0.2) is 22.6 Å². The number of nitrogens with zero attached hydrogens (tertiary/aromatic N) is 2. The van der Waals surface area contributed by atoms with Gasteiger partial charge in [-0.2, -0.15) is 4.98 Å². The van der Waals surface area contributed by atoms with Gasteiger partial charge in [0.15, 0.2) is 0 Å². The number of hydrogen-bond acceptors (Lipinski definition) is 4. The molecule has 0 radical (unpaired) electrons. The van der Waals surface area contributed by atoms with Crippen LogP contribution in [0.2, 0.25) is 0 Å². The van der Waals surface area contributed by atoms with Gasteiger partial charge in [0.25, 0.3) is 0 Å². The first kappa shape index (κ1) is 14.6. The Hall–Kier alpha value is -0.840. The second-order valence-corrected chi connectivity index (χ2v) is 5.96.